The minimum Gasteiger partial charge on any atom is -0.393 e. The van der Waals surface area contributed by atoms with E-state index in [9.17, 15) is 5.11 Å². The molecule has 0 bridgehead atoms. The summed E-state index contributed by atoms with van der Waals surface area (Å²) in [5.74, 6) is 1.58. The average Bonchev–Trinajstić information content (AvgIpc) is 2.46. The molecule has 0 aromatic heterocycles. The van der Waals surface area contributed by atoms with Crippen LogP contribution in [0.2, 0.25) is 0 Å². The molecule has 3 atom stereocenters. The third kappa shape index (κ3) is 4.60. The van der Waals surface area contributed by atoms with E-state index in [-0.39, 0.29) is 6.10 Å². The first-order valence-corrected chi connectivity index (χ1v) is 7.97. The van der Waals surface area contributed by atoms with Crippen molar-refractivity contribution in [2.24, 2.45) is 11.8 Å². The van der Waals surface area contributed by atoms with Gasteiger partial charge in [0.25, 0.3) is 0 Å². The Bertz CT molecular complexity index is 374. The van der Waals surface area contributed by atoms with Gasteiger partial charge in [0.1, 0.15) is 0 Å². The molecular weight excluding hydrogens is 248 g/mol. The van der Waals surface area contributed by atoms with Gasteiger partial charge in [0.05, 0.1) is 6.10 Å². The van der Waals surface area contributed by atoms with Gasteiger partial charge in [0.2, 0.25) is 0 Å². The van der Waals surface area contributed by atoms with Crippen LogP contribution >= 0.6 is 0 Å². The maximum absolute atomic E-state index is 10.2. The van der Waals surface area contributed by atoms with Crippen LogP contribution in [0, 0.1) is 11.8 Å². The van der Waals surface area contributed by atoms with Crippen LogP contribution in [0.4, 0.5) is 0 Å². The molecule has 0 amide bonds. The lowest BCUT2D eigenvalue weighted by atomic mass is 9.75. The molecule has 112 valence electrons. The maximum atomic E-state index is 10.2. The van der Waals surface area contributed by atoms with E-state index >= 15 is 0 Å². The van der Waals surface area contributed by atoms with Gasteiger partial charge in [-0.15, -0.1) is 0 Å². The molecule has 20 heavy (non-hydrogen) atoms. The van der Waals surface area contributed by atoms with Crippen LogP contribution in [0.3, 0.4) is 0 Å². The second kappa shape index (κ2) is 7.80. The summed E-state index contributed by atoms with van der Waals surface area (Å²) in [6, 6.07) is 10.7. The van der Waals surface area contributed by atoms with Crippen molar-refractivity contribution in [3.05, 3.63) is 35.9 Å². The van der Waals surface area contributed by atoms with E-state index < -0.39 is 0 Å². The quantitative estimate of drug-likeness (QED) is 0.796. The average molecular weight is 276 g/mol. The Morgan fingerprint density at radius 1 is 1.20 bits per heavy atom. The smallest absolute Gasteiger partial charge is 0.0569 e. The second-order valence-electron chi connectivity index (χ2n) is 6.51. The minimum atomic E-state index is -0.141. The van der Waals surface area contributed by atoms with E-state index in [2.05, 4.69) is 44.2 Å². The van der Waals surface area contributed by atoms with Crippen LogP contribution in [0.5, 0.6) is 0 Å². The normalized spacial score (nSPS) is 26.9. The predicted octanol–water partition coefficient (Wildman–Crippen LogP) is 3.99. The molecule has 0 radical (unpaired) electrons. The van der Waals surface area contributed by atoms with Crippen LogP contribution in [0.1, 0.15) is 51.0 Å². The molecule has 2 rings (SSSR count). The van der Waals surface area contributed by atoms with Crippen molar-refractivity contribution in [3.63, 3.8) is 0 Å². The third-order valence-electron chi connectivity index (χ3n) is 4.30. The Balaban J connectivity index is 1.82. The number of aliphatic hydroxyl groups excluding tert-OH is 1. The first kappa shape index (κ1) is 15.5. The van der Waals surface area contributed by atoms with E-state index in [1.165, 1.54) is 5.56 Å². The van der Waals surface area contributed by atoms with E-state index in [1.807, 2.05) is 0 Å². The number of benzene rings is 1. The molecular formula is C18H28O2. The van der Waals surface area contributed by atoms with Gasteiger partial charge in [-0.2, -0.15) is 0 Å². The molecule has 1 aliphatic rings. The van der Waals surface area contributed by atoms with Crippen LogP contribution in [-0.4, -0.2) is 24.4 Å². The van der Waals surface area contributed by atoms with Gasteiger partial charge in [0, 0.05) is 13.2 Å². The van der Waals surface area contributed by atoms with Gasteiger partial charge in [-0.25, -0.2) is 0 Å². The predicted molar refractivity (Wildman–Crippen MR) is 82.8 cm³/mol. The zero-order valence-electron chi connectivity index (χ0n) is 12.8. The Kier molecular flexibility index (Phi) is 6.06. The molecule has 1 fully saturated rings. The fraction of sp³-hybridized carbons (Fsp3) is 0.667. The van der Waals surface area contributed by atoms with E-state index in [4.69, 9.17) is 4.74 Å². The van der Waals surface area contributed by atoms with Gasteiger partial charge in [-0.3, -0.25) is 0 Å². The van der Waals surface area contributed by atoms with E-state index in [0.29, 0.717) is 17.8 Å². The highest BCUT2D eigenvalue weighted by Crippen LogP contribution is 2.37. The Morgan fingerprint density at radius 3 is 2.65 bits per heavy atom. The summed E-state index contributed by atoms with van der Waals surface area (Å²) in [4.78, 5) is 0. The standard InChI is InChI=1S/C18H28O2/c1-14(2)13-20-11-10-17-12-16(8-9-18(17)19)15-6-4-3-5-7-15/h3-7,14,16-19H,8-13H2,1-2H3. The van der Waals surface area contributed by atoms with Crippen molar-refractivity contribution in [2.45, 2.75) is 51.6 Å². The van der Waals surface area contributed by atoms with Crippen LogP contribution in [0.25, 0.3) is 0 Å². The number of hydrogen-bond acceptors (Lipinski definition) is 2. The fourth-order valence-electron chi connectivity index (χ4n) is 3.14. The molecule has 1 aromatic carbocycles. The highest BCUT2D eigenvalue weighted by molar-refractivity contribution is 5.20. The van der Waals surface area contributed by atoms with Gasteiger partial charge in [-0.1, -0.05) is 44.2 Å². The summed E-state index contributed by atoms with van der Waals surface area (Å²) in [5.41, 5.74) is 1.42. The Hall–Kier alpha value is -0.860. The number of rotatable bonds is 6. The maximum Gasteiger partial charge on any atom is 0.0569 e. The molecule has 2 nitrogen and oxygen atoms in total. The summed E-state index contributed by atoms with van der Waals surface area (Å²) in [6.45, 7) is 5.94. The topological polar surface area (TPSA) is 29.5 Å². The van der Waals surface area contributed by atoms with Gasteiger partial charge >= 0.3 is 0 Å². The lowest BCUT2D eigenvalue weighted by Gasteiger charge is -2.33. The minimum absolute atomic E-state index is 0.141. The molecule has 0 heterocycles. The monoisotopic (exact) mass is 276 g/mol. The number of ether oxygens (including phenoxy) is 1. The van der Waals surface area contributed by atoms with Crippen molar-refractivity contribution in [1.82, 2.24) is 0 Å². The molecule has 0 saturated heterocycles. The lowest BCUT2D eigenvalue weighted by Crippen LogP contribution is -2.29. The molecule has 0 aliphatic heterocycles. The first-order chi connectivity index (χ1) is 9.66. The summed E-state index contributed by atoms with van der Waals surface area (Å²) in [6.07, 6.45) is 3.97. The summed E-state index contributed by atoms with van der Waals surface area (Å²) in [7, 11) is 0. The van der Waals surface area contributed by atoms with Gasteiger partial charge < -0.3 is 9.84 Å². The van der Waals surface area contributed by atoms with E-state index in [1.54, 1.807) is 0 Å². The number of aliphatic hydroxyl groups is 1. The molecule has 3 unspecified atom stereocenters. The van der Waals surface area contributed by atoms with Crippen molar-refractivity contribution in [3.8, 4) is 0 Å². The van der Waals surface area contributed by atoms with Crippen molar-refractivity contribution < 1.29 is 9.84 Å². The van der Waals surface area contributed by atoms with Crippen LogP contribution in [-0.2, 0) is 4.74 Å². The zero-order valence-corrected chi connectivity index (χ0v) is 12.8. The molecule has 2 heteroatoms. The fourth-order valence-corrected chi connectivity index (χ4v) is 3.14. The van der Waals surface area contributed by atoms with Crippen molar-refractivity contribution >= 4 is 0 Å². The molecule has 0 spiro atoms. The summed E-state index contributed by atoms with van der Waals surface area (Å²) < 4.78 is 5.68. The highest BCUT2D eigenvalue weighted by Gasteiger charge is 2.29. The van der Waals surface area contributed by atoms with Crippen LogP contribution in [0.15, 0.2) is 30.3 Å². The highest BCUT2D eigenvalue weighted by atomic mass is 16.5. The number of hydrogen-bond donors (Lipinski definition) is 1. The zero-order chi connectivity index (χ0) is 14.4. The SMILES string of the molecule is CC(C)COCCC1CC(c2ccccc2)CCC1O. The van der Waals surface area contributed by atoms with Crippen molar-refractivity contribution in [1.29, 1.82) is 0 Å². The van der Waals surface area contributed by atoms with E-state index in [0.717, 1.165) is 38.9 Å². The van der Waals surface area contributed by atoms with Gasteiger partial charge in [-0.05, 0) is 49.0 Å². The Morgan fingerprint density at radius 2 is 1.95 bits per heavy atom. The van der Waals surface area contributed by atoms with Crippen LogP contribution < -0.4 is 0 Å². The lowest BCUT2D eigenvalue weighted by molar-refractivity contribution is 0.0293. The first-order valence-electron chi connectivity index (χ1n) is 7.97. The molecule has 1 aliphatic carbocycles. The third-order valence-corrected chi connectivity index (χ3v) is 4.30. The van der Waals surface area contributed by atoms with Gasteiger partial charge in [0.15, 0.2) is 0 Å². The summed E-state index contributed by atoms with van der Waals surface area (Å²) in [5, 5.41) is 10.2. The Labute approximate surface area is 123 Å². The molecule has 1 aromatic rings. The molecule has 1 saturated carbocycles. The summed E-state index contributed by atoms with van der Waals surface area (Å²) >= 11 is 0. The molecule has 1 N–H and O–H groups in total. The van der Waals surface area contributed by atoms with Crippen molar-refractivity contribution in [2.75, 3.05) is 13.2 Å². The largest absolute Gasteiger partial charge is 0.393 e. The second-order valence-corrected chi connectivity index (χ2v) is 6.51.